The molecule has 1 aromatic heterocycles. The highest BCUT2D eigenvalue weighted by atomic mass is 35.5. The van der Waals surface area contributed by atoms with Crippen LogP contribution in [0.3, 0.4) is 0 Å². The fourth-order valence-electron chi connectivity index (χ4n) is 0.795. The van der Waals surface area contributed by atoms with Gasteiger partial charge in [-0.3, -0.25) is 0 Å². The van der Waals surface area contributed by atoms with Crippen LogP contribution in [0.2, 0.25) is 5.02 Å². The van der Waals surface area contributed by atoms with Gasteiger partial charge in [-0.15, -0.1) is 0 Å². The number of allylic oxidation sites excluding steroid dienone is 2. The lowest BCUT2D eigenvalue weighted by Crippen LogP contribution is -1.85. The van der Waals surface area contributed by atoms with Gasteiger partial charge in [0, 0.05) is 17.8 Å². The molecule has 0 saturated carbocycles. The van der Waals surface area contributed by atoms with Crippen LogP contribution >= 0.6 is 11.6 Å². The van der Waals surface area contributed by atoms with E-state index in [4.69, 9.17) is 11.6 Å². The van der Waals surface area contributed by atoms with Gasteiger partial charge in [-0.2, -0.15) is 4.39 Å². The van der Waals surface area contributed by atoms with E-state index in [0.29, 0.717) is 10.6 Å². The van der Waals surface area contributed by atoms with Crippen molar-refractivity contribution in [3.8, 4) is 11.8 Å². The first-order chi connectivity index (χ1) is 7.00. The molecule has 0 fully saturated rings. The third-order valence-corrected chi connectivity index (χ3v) is 2.26. The number of pyridine rings is 1. The third kappa shape index (κ3) is 3.38. The van der Waals surface area contributed by atoms with Crippen molar-refractivity contribution in [3.63, 3.8) is 0 Å². The highest BCUT2D eigenvalue weighted by molar-refractivity contribution is 6.31. The van der Waals surface area contributed by atoms with Gasteiger partial charge < -0.3 is 0 Å². The number of hydrogen-bond acceptors (Lipinski definition) is 1. The Balaban J connectivity index is 3.09. The van der Waals surface area contributed by atoms with Crippen LogP contribution in [0.25, 0.3) is 0 Å². The van der Waals surface area contributed by atoms with Crippen LogP contribution in [-0.4, -0.2) is 4.98 Å². The molecule has 0 aliphatic heterocycles. The molecule has 3 heteroatoms. The zero-order valence-corrected chi connectivity index (χ0v) is 9.61. The Hall–Kier alpha value is -1.33. The highest BCUT2D eigenvalue weighted by Gasteiger charge is 1.99. The van der Waals surface area contributed by atoms with E-state index in [1.807, 2.05) is 20.8 Å². The molecule has 0 aromatic carbocycles. The maximum Gasteiger partial charge on any atom is 0.214 e. The summed E-state index contributed by atoms with van der Waals surface area (Å²) >= 11 is 5.81. The summed E-state index contributed by atoms with van der Waals surface area (Å²) in [6.45, 7) is 5.85. The molecular weight excluding hydrogens is 213 g/mol. The van der Waals surface area contributed by atoms with Gasteiger partial charge >= 0.3 is 0 Å². The molecule has 0 unspecified atom stereocenters. The van der Waals surface area contributed by atoms with Crippen molar-refractivity contribution in [2.24, 2.45) is 0 Å². The third-order valence-electron chi connectivity index (χ3n) is 1.96. The van der Waals surface area contributed by atoms with Crippen LogP contribution < -0.4 is 0 Å². The van der Waals surface area contributed by atoms with Crippen LogP contribution in [0.4, 0.5) is 4.39 Å². The first-order valence-electron chi connectivity index (χ1n) is 4.48. The molecule has 15 heavy (non-hydrogen) atoms. The minimum Gasteiger partial charge on any atom is -0.227 e. The summed E-state index contributed by atoms with van der Waals surface area (Å²) in [6, 6.07) is 1.23. The molecule has 0 aliphatic carbocycles. The Labute approximate surface area is 94.0 Å². The van der Waals surface area contributed by atoms with E-state index in [1.54, 1.807) is 0 Å². The summed E-state index contributed by atoms with van der Waals surface area (Å²) in [6.07, 6.45) is 1.26. The summed E-state index contributed by atoms with van der Waals surface area (Å²) in [5, 5.41) is 0.366. The second-order valence-corrected chi connectivity index (χ2v) is 3.77. The molecule has 1 rings (SSSR count). The van der Waals surface area contributed by atoms with Crippen molar-refractivity contribution in [2.75, 3.05) is 0 Å². The molecule has 0 N–H and O–H groups in total. The lowest BCUT2D eigenvalue weighted by Gasteiger charge is -1.95. The number of hydrogen-bond donors (Lipinski definition) is 0. The van der Waals surface area contributed by atoms with E-state index in [1.165, 1.54) is 12.3 Å². The molecule has 1 heterocycles. The zero-order valence-electron chi connectivity index (χ0n) is 8.86. The smallest absolute Gasteiger partial charge is 0.214 e. The van der Waals surface area contributed by atoms with Crippen LogP contribution in [0.5, 0.6) is 0 Å². The van der Waals surface area contributed by atoms with Gasteiger partial charge in [0.1, 0.15) is 0 Å². The number of nitrogens with zero attached hydrogens (tertiary/aromatic N) is 1. The van der Waals surface area contributed by atoms with Crippen LogP contribution in [0.15, 0.2) is 23.4 Å². The largest absolute Gasteiger partial charge is 0.227 e. The number of aromatic nitrogens is 1. The first-order valence-corrected chi connectivity index (χ1v) is 4.85. The molecule has 78 valence electrons. The van der Waals surface area contributed by atoms with Crippen molar-refractivity contribution in [1.82, 2.24) is 4.98 Å². The van der Waals surface area contributed by atoms with E-state index >= 15 is 0 Å². The molecule has 0 saturated heterocycles. The SMILES string of the molecule is CC(C)=C(C)C#Cc1cc(F)ncc1Cl. The molecule has 0 spiro atoms. The van der Waals surface area contributed by atoms with Gasteiger partial charge in [0.15, 0.2) is 0 Å². The predicted octanol–water partition coefficient (Wildman–Crippen LogP) is 3.58. The Morgan fingerprint density at radius 2 is 2.07 bits per heavy atom. The molecule has 0 radical (unpaired) electrons. The second-order valence-electron chi connectivity index (χ2n) is 3.36. The molecule has 0 aliphatic rings. The molecule has 0 amide bonds. The summed E-state index contributed by atoms with van der Waals surface area (Å²) < 4.78 is 12.8. The molecule has 1 nitrogen and oxygen atoms in total. The lowest BCUT2D eigenvalue weighted by atomic mass is 10.1. The monoisotopic (exact) mass is 223 g/mol. The van der Waals surface area contributed by atoms with Crippen molar-refractivity contribution in [3.05, 3.63) is 39.9 Å². The van der Waals surface area contributed by atoms with E-state index < -0.39 is 5.95 Å². The van der Waals surface area contributed by atoms with Crippen LogP contribution in [0, 0.1) is 17.8 Å². The summed E-state index contributed by atoms with van der Waals surface area (Å²) in [5.74, 6) is 5.16. The molecule has 0 bridgehead atoms. The van der Waals surface area contributed by atoms with Crippen LogP contribution in [-0.2, 0) is 0 Å². The fraction of sp³-hybridized carbons (Fsp3) is 0.250. The summed E-state index contributed by atoms with van der Waals surface area (Å²) in [7, 11) is 0. The van der Waals surface area contributed by atoms with Gasteiger partial charge in [-0.05, 0) is 26.3 Å². The Morgan fingerprint density at radius 1 is 1.40 bits per heavy atom. The van der Waals surface area contributed by atoms with E-state index in [0.717, 1.165) is 11.1 Å². The molecule has 1 aromatic rings. The quantitative estimate of drug-likeness (QED) is 0.484. The van der Waals surface area contributed by atoms with Crippen molar-refractivity contribution < 1.29 is 4.39 Å². The molecular formula is C12H11ClFN. The number of halogens is 2. The fourth-order valence-corrected chi connectivity index (χ4v) is 0.946. The lowest BCUT2D eigenvalue weighted by molar-refractivity contribution is 0.583. The second kappa shape index (κ2) is 4.95. The van der Waals surface area contributed by atoms with Crippen molar-refractivity contribution in [2.45, 2.75) is 20.8 Å². The Bertz CT molecular complexity index is 462. The maximum absolute atomic E-state index is 12.8. The van der Waals surface area contributed by atoms with Crippen LogP contribution in [0.1, 0.15) is 26.3 Å². The zero-order chi connectivity index (χ0) is 11.4. The van der Waals surface area contributed by atoms with Gasteiger partial charge in [0.2, 0.25) is 5.95 Å². The van der Waals surface area contributed by atoms with Gasteiger partial charge in [-0.1, -0.05) is 29.0 Å². The maximum atomic E-state index is 12.8. The molecule has 0 atom stereocenters. The van der Waals surface area contributed by atoms with E-state index in [9.17, 15) is 4.39 Å². The van der Waals surface area contributed by atoms with Gasteiger partial charge in [-0.25, -0.2) is 4.98 Å². The minimum absolute atomic E-state index is 0.366. The normalized spacial score (nSPS) is 9.13. The Kier molecular flexibility index (Phi) is 3.88. The van der Waals surface area contributed by atoms with Crippen molar-refractivity contribution >= 4 is 11.6 Å². The average Bonchev–Trinajstić information content (AvgIpc) is 2.18. The first kappa shape index (κ1) is 11.7. The van der Waals surface area contributed by atoms with Crippen molar-refractivity contribution in [1.29, 1.82) is 0 Å². The van der Waals surface area contributed by atoms with E-state index in [-0.39, 0.29) is 0 Å². The minimum atomic E-state index is -0.571. The average molecular weight is 224 g/mol. The summed E-state index contributed by atoms with van der Waals surface area (Å²) in [5.41, 5.74) is 2.56. The highest BCUT2D eigenvalue weighted by Crippen LogP contribution is 2.13. The predicted molar refractivity (Wildman–Crippen MR) is 60.1 cm³/mol. The number of rotatable bonds is 0. The topological polar surface area (TPSA) is 12.9 Å². The Morgan fingerprint density at radius 3 is 2.67 bits per heavy atom. The van der Waals surface area contributed by atoms with E-state index in [2.05, 4.69) is 16.8 Å². The van der Waals surface area contributed by atoms with Gasteiger partial charge in [0.05, 0.1) is 5.02 Å². The van der Waals surface area contributed by atoms with Gasteiger partial charge in [0.25, 0.3) is 0 Å². The standard InChI is InChI=1S/C12H11ClFN/c1-8(2)9(3)4-5-10-6-12(14)15-7-11(10)13/h6-7H,1-3H3. The summed E-state index contributed by atoms with van der Waals surface area (Å²) in [4.78, 5) is 3.42.